The summed E-state index contributed by atoms with van der Waals surface area (Å²) in [6.45, 7) is 0. The topological polar surface area (TPSA) is 26.3 Å². The zero-order valence-electron chi connectivity index (χ0n) is 10.7. The molecule has 0 fully saturated rings. The van der Waals surface area contributed by atoms with E-state index in [1.54, 1.807) is 13.2 Å². The Kier molecular flexibility index (Phi) is 2.92. The molecule has 0 aliphatic heterocycles. The highest BCUT2D eigenvalue weighted by Gasteiger charge is 2.01. The molecule has 0 amide bonds. The summed E-state index contributed by atoms with van der Waals surface area (Å²) in [4.78, 5) is 11.8. The van der Waals surface area contributed by atoms with Gasteiger partial charge in [-0.2, -0.15) is 0 Å². The molecule has 2 aromatic carbocycles. The lowest BCUT2D eigenvalue weighted by Gasteiger charge is -2.02. The van der Waals surface area contributed by atoms with Gasteiger partial charge < -0.3 is 4.74 Å². The largest absolute Gasteiger partial charge is 0.497 e. The van der Waals surface area contributed by atoms with Crippen LogP contribution in [-0.2, 0) is 4.79 Å². The first-order valence-electron chi connectivity index (χ1n) is 6.26. The van der Waals surface area contributed by atoms with Gasteiger partial charge in [0.25, 0.3) is 0 Å². The monoisotopic (exact) mass is 250 g/mol. The number of rotatable bonds is 1. The van der Waals surface area contributed by atoms with Crippen LogP contribution in [0.25, 0.3) is 12.2 Å². The molecular weight excluding hydrogens is 236 g/mol. The van der Waals surface area contributed by atoms with Crippen LogP contribution in [0.3, 0.4) is 0 Å². The first-order valence-corrected chi connectivity index (χ1v) is 6.26. The summed E-state index contributed by atoms with van der Waals surface area (Å²) >= 11 is 0. The van der Waals surface area contributed by atoms with Crippen LogP contribution in [0.2, 0.25) is 0 Å². The molecule has 2 nitrogen and oxygen atoms in total. The van der Waals surface area contributed by atoms with E-state index >= 15 is 0 Å². The van der Waals surface area contributed by atoms with Gasteiger partial charge in [-0.3, -0.25) is 4.79 Å². The van der Waals surface area contributed by atoms with Gasteiger partial charge in [0.2, 0.25) is 0 Å². The summed E-state index contributed by atoms with van der Waals surface area (Å²) in [7, 11) is 1.65. The van der Waals surface area contributed by atoms with E-state index in [1.807, 2.05) is 42.5 Å². The van der Waals surface area contributed by atoms with Crippen molar-refractivity contribution in [1.82, 2.24) is 0 Å². The second-order valence-electron chi connectivity index (χ2n) is 4.56. The molecular formula is C17H14O2. The van der Waals surface area contributed by atoms with Crippen LogP contribution in [-0.4, -0.2) is 12.9 Å². The highest BCUT2D eigenvalue weighted by molar-refractivity contribution is 6.08. The van der Waals surface area contributed by atoms with Crippen LogP contribution in [0.15, 0.2) is 42.5 Å². The molecule has 0 aromatic heterocycles. The molecule has 0 saturated heterocycles. The molecule has 19 heavy (non-hydrogen) atoms. The second kappa shape index (κ2) is 4.73. The number of ether oxygens (including phenoxy) is 1. The Balaban J connectivity index is 2.63. The van der Waals surface area contributed by atoms with Crippen molar-refractivity contribution in [3.05, 3.63) is 63.3 Å². The number of carbonyl (C=O) groups is 1. The summed E-state index contributed by atoms with van der Waals surface area (Å²) in [5.41, 5.74) is 0. The Morgan fingerprint density at radius 1 is 1.00 bits per heavy atom. The molecule has 1 aliphatic carbocycles. The first kappa shape index (κ1) is 11.7. The molecule has 0 atom stereocenters. The third kappa shape index (κ3) is 2.17. The third-order valence-electron chi connectivity index (χ3n) is 3.35. The van der Waals surface area contributed by atoms with Crippen molar-refractivity contribution < 1.29 is 9.53 Å². The summed E-state index contributed by atoms with van der Waals surface area (Å²) in [6.07, 6.45) is 4.14. The molecule has 3 rings (SSSR count). The lowest BCUT2D eigenvalue weighted by Crippen LogP contribution is -2.14. The van der Waals surface area contributed by atoms with Crippen molar-refractivity contribution in [3.8, 4) is 5.75 Å². The molecule has 2 heteroatoms. The molecule has 0 unspecified atom stereocenters. The van der Waals surface area contributed by atoms with Crippen molar-refractivity contribution >= 4 is 17.9 Å². The minimum Gasteiger partial charge on any atom is -0.497 e. The van der Waals surface area contributed by atoms with E-state index in [1.165, 1.54) is 0 Å². The summed E-state index contributed by atoms with van der Waals surface area (Å²) < 4.78 is 5.29. The van der Waals surface area contributed by atoms with E-state index in [2.05, 4.69) is 6.07 Å². The second-order valence-corrected chi connectivity index (χ2v) is 4.56. The quantitative estimate of drug-likeness (QED) is 0.767. The van der Waals surface area contributed by atoms with E-state index in [0.717, 1.165) is 26.6 Å². The molecule has 0 heterocycles. The lowest BCUT2D eigenvalue weighted by molar-refractivity contribution is -0.112. The predicted molar refractivity (Wildman–Crippen MR) is 74.9 cm³/mol. The van der Waals surface area contributed by atoms with Gasteiger partial charge in [0.1, 0.15) is 5.75 Å². The predicted octanol–water partition coefficient (Wildman–Crippen LogP) is 1.52. The van der Waals surface area contributed by atoms with E-state index in [4.69, 9.17) is 4.74 Å². The average Bonchev–Trinajstić information content (AvgIpc) is 2.44. The number of methoxy groups -OCH3 is 1. The number of benzene rings is 2. The van der Waals surface area contributed by atoms with Crippen LogP contribution in [0.4, 0.5) is 0 Å². The van der Waals surface area contributed by atoms with Gasteiger partial charge in [0.15, 0.2) is 5.78 Å². The third-order valence-corrected chi connectivity index (χ3v) is 3.35. The molecule has 0 bridgehead atoms. The van der Waals surface area contributed by atoms with Crippen LogP contribution < -0.4 is 15.2 Å². The number of hydrogen-bond acceptors (Lipinski definition) is 2. The zero-order valence-corrected chi connectivity index (χ0v) is 10.7. The van der Waals surface area contributed by atoms with Crippen molar-refractivity contribution in [1.29, 1.82) is 0 Å². The van der Waals surface area contributed by atoms with Crippen LogP contribution in [0.1, 0.15) is 6.42 Å². The standard InChI is InChI=1S/C17H14O2/c1-19-15-9-7-13-10-14(18)8-6-12-4-2-3-5-16(12)17(13)11-15/h2-7,9-11H,8H2,1H3/b12-6?,13-10?,17-16-. The van der Waals surface area contributed by atoms with Gasteiger partial charge in [-0.1, -0.05) is 36.4 Å². The Morgan fingerprint density at radius 2 is 1.84 bits per heavy atom. The van der Waals surface area contributed by atoms with Crippen LogP contribution in [0.5, 0.6) is 5.75 Å². The number of ketones is 1. The molecule has 1 aliphatic rings. The Morgan fingerprint density at radius 3 is 2.68 bits per heavy atom. The van der Waals surface area contributed by atoms with Crippen LogP contribution >= 0.6 is 0 Å². The molecule has 0 spiro atoms. The Bertz CT molecular complexity index is 848. The van der Waals surface area contributed by atoms with Gasteiger partial charge in [0.05, 0.1) is 7.11 Å². The van der Waals surface area contributed by atoms with Gasteiger partial charge in [-0.15, -0.1) is 0 Å². The fourth-order valence-electron chi connectivity index (χ4n) is 2.38. The molecule has 2 aromatic rings. The van der Waals surface area contributed by atoms with E-state index < -0.39 is 0 Å². The highest BCUT2D eigenvalue weighted by atomic mass is 16.5. The van der Waals surface area contributed by atoms with Gasteiger partial charge in [-0.05, 0) is 39.1 Å². The maximum atomic E-state index is 11.8. The Labute approximate surface area is 111 Å². The summed E-state index contributed by atoms with van der Waals surface area (Å²) in [5.74, 6) is 0.927. The molecule has 0 saturated carbocycles. The molecule has 94 valence electrons. The number of Topliss-reactive ketones (excluding diaryl/α,β-unsaturated/α-hetero) is 1. The normalized spacial score (nSPS) is 15.1. The smallest absolute Gasteiger partial charge is 0.160 e. The van der Waals surface area contributed by atoms with Gasteiger partial charge >= 0.3 is 0 Å². The number of fused-ring (bicyclic) bond motifs is 2. The molecule has 0 radical (unpaired) electrons. The fraction of sp³-hybridized carbons (Fsp3) is 0.118. The van der Waals surface area contributed by atoms with Crippen molar-refractivity contribution in [3.63, 3.8) is 0 Å². The van der Waals surface area contributed by atoms with Gasteiger partial charge in [-0.25, -0.2) is 0 Å². The van der Waals surface area contributed by atoms with E-state index in [-0.39, 0.29) is 5.78 Å². The number of carbonyl (C=O) groups excluding carboxylic acids is 1. The minimum absolute atomic E-state index is 0.126. The average molecular weight is 250 g/mol. The molecule has 0 N–H and O–H groups in total. The van der Waals surface area contributed by atoms with Crippen LogP contribution in [0, 0.1) is 10.4 Å². The van der Waals surface area contributed by atoms with Crippen molar-refractivity contribution in [2.24, 2.45) is 0 Å². The Hall–Kier alpha value is -2.35. The highest BCUT2D eigenvalue weighted by Crippen LogP contribution is 2.07. The van der Waals surface area contributed by atoms with E-state index in [9.17, 15) is 4.79 Å². The fourth-order valence-corrected chi connectivity index (χ4v) is 2.38. The first-order chi connectivity index (χ1) is 9.28. The summed E-state index contributed by atoms with van der Waals surface area (Å²) in [5, 5.41) is 4.23. The zero-order chi connectivity index (χ0) is 13.2. The summed E-state index contributed by atoms with van der Waals surface area (Å²) in [6, 6.07) is 13.9. The lowest BCUT2D eigenvalue weighted by atomic mass is 10.1. The maximum Gasteiger partial charge on any atom is 0.160 e. The number of hydrogen-bond donors (Lipinski definition) is 0. The van der Waals surface area contributed by atoms with E-state index in [0.29, 0.717) is 6.42 Å². The minimum atomic E-state index is 0.126. The maximum absolute atomic E-state index is 11.8. The SMILES string of the molecule is COc1ccc2/c(c1)=c1/ccccc1=CCC(=O)C=2. The van der Waals surface area contributed by atoms with Crippen molar-refractivity contribution in [2.45, 2.75) is 6.42 Å². The van der Waals surface area contributed by atoms with Crippen molar-refractivity contribution in [2.75, 3.05) is 7.11 Å². The van der Waals surface area contributed by atoms with Gasteiger partial charge in [0, 0.05) is 6.42 Å².